The van der Waals surface area contributed by atoms with Crippen molar-refractivity contribution in [2.75, 3.05) is 18.9 Å². The third-order valence-corrected chi connectivity index (χ3v) is 3.74. The van der Waals surface area contributed by atoms with Gasteiger partial charge in [0.1, 0.15) is 0 Å². The molecule has 1 rings (SSSR count). The van der Waals surface area contributed by atoms with Crippen molar-refractivity contribution < 1.29 is 4.74 Å². The van der Waals surface area contributed by atoms with E-state index in [0.717, 1.165) is 19.6 Å². The first-order chi connectivity index (χ1) is 5.67. The quantitative estimate of drug-likeness (QED) is 0.683. The van der Waals surface area contributed by atoms with E-state index >= 15 is 0 Å². The van der Waals surface area contributed by atoms with E-state index in [-0.39, 0.29) is 0 Å². The Morgan fingerprint density at radius 3 is 2.83 bits per heavy atom. The van der Waals surface area contributed by atoms with Crippen LogP contribution in [0.3, 0.4) is 0 Å². The van der Waals surface area contributed by atoms with Gasteiger partial charge in [-0.05, 0) is 39.0 Å². The van der Waals surface area contributed by atoms with Gasteiger partial charge in [-0.3, -0.25) is 0 Å². The summed E-state index contributed by atoms with van der Waals surface area (Å²) in [6.45, 7) is 6.08. The van der Waals surface area contributed by atoms with Crippen LogP contribution in [0.5, 0.6) is 0 Å². The van der Waals surface area contributed by atoms with Gasteiger partial charge >= 0.3 is 0 Å². The number of nitrogens with two attached hydrogens (primary N) is 1. The minimum absolute atomic E-state index is 0.314. The molecule has 0 aromatic carbocycles. The highest BCUT2D eigenvalue weighted by Gasteiger charge is 2.35. The Labute approximate surface area is 79.2 Å². The number of ether oxygens (including phenoxy) is 1. The van der Waals surface area contributed by atoms with Crippen LogP contribution >= 0.6 is 11.8 Å². The van der Waals surface area contributed by atoms with Crippen molar-refractivity contribution in [2.45, 2.75) is 37.5 Å². The molecular formula is C9H19NOS. The lowest BCUT2D eigenvalue weighted by Crippen LogP contribution is -2.30. The number of hydrogen-bond acceptors (Lipinski definition) is 3. The van der Waals surface area contributed by atoms with Crippen molar-refractivity contribution in [1.29, 1.82) is 0 Å². The van der Waals surface area contributed by atoms with Crippen LogP contribution in [-0.4, -0.2) is 29.8 Å². The lowest BCUT2D eigenvalue weighted by Gasteiger charge is -2.25. The molecule has 0 bridgehead atoms. The van der Waals surface area contributed by atoms with Gasteiger partial charge in [0, 0.05) is 11.4 Å². The van der Waals surface area contributed by atoms with Crippen molar-refractivity contribution in [3.8, 4) is 0 Å². The molecule has 1 heterocycles. The standard InChI is InChI=1S/C9H19NOS/c1-9(2)8(4-7-12-9)11-6-3-5-10/h8H,3-7,10H2,1-2H3. The third kappa shape index (κ3) is 2.64. The van der Waals surface area contributed by atoms with E-state index in [9.17, 15) is 0 Å². The van der Waals surface area contributed by atoms with Gasteiger partial charge in [0.15, 0.2) is 0 Å². The monoisotopic (exact) mass is 189 g/mol. The number of hydrogen-bond donors (Lipinski definition) is 1. The predicted molar refractivity (Wildman–Crippen MR) is 54.6 cm³/mol. The van der Waals surface area contributed by atoms with Gasteiger partial charge in [-0.1, -0.05) is 0 Å². The van der Waals surface area contributed by atoms with Crippen LogP contribution in [0.15, 0.2) is 0 Å². The molecule has 2 nitrogen and oxygen atoms in total. The van der Waals surface area contributed by atoms with Crippen molar-refractivity contribution in [3.63, 3.8) is 0 Å². The zero-order valence-corrected chi connectivity index (χ0v) is 8.82. The summed E-state index contributed by atoms with van der Waals surface area (Å²) in [6, 6.07) is 0. The molecule has 12 heavy (non-hydrogen) atoms. The summed E-state index contributed by atoms with van der Waals surface area (Å²) in [5.74, 6) is 1.24. The molecule has 1 unspecified atom stereocenters. The van der Waals surface area contributed by atoms with Gasteiger partial charge in [0.25, 0.3) is 0 Å². The normalized spacial score (nSPS) is 27.8. The highest BCUT2D eigenvalue weighted by atomic mass is 32.2. The number of rotatable bonds is 4. The molecular weight excluding hydrogens is 170 g/mol. The summed E-state index contributed by atoms with van der Waals surface area (Å²) in [5, 5.41) is 0. The summed E-state index contributed by atoms with van der Waals surface area (Å²) in [7, 11) is 0. The van der Waals surface area contributed by atoms with Crippen LogP contribution in [0, 0.1) is 0 Å². The Kier molecular flexibility index (Phi) is 3.87. The highest BCUT2D eigenvalue weighted by molar-refractivity contribution is 8.00. The number of thioether (sulfide) groups is 1. The Balaban J connectivity index is 2.22. The van der Waals surface area contributed by atoms with Gasteiger partial charge in [0.05, 0.1) is 6.10 Å². The van der Waals surface area contributed by atoms with E-state index in [1.54, 1.807) is 0 Å². The van der Waals surface area contributed by atoms with Gasteiger partial charge in [-0.25, -0.2) is 0 Å². The molecule has 0 aliphatic carbocycles. The first kappa shape index (κ1) is 10.4. The molecule has 2 N–H and O–H groups in total. The van der Waals surface area contributed by atoms with Gasteiger partial charge in [0.2, 0.25) is 0 Å². The Morgan fingerprint density at radius 1 is 1.58 bits per heavy atom. The second-order valence-corrected chi connectivity index (χ2v) is 5.49. The second kappa shape index (κ2) is 4.49. The van der Waals surface area contributed by atoms with E-state index < -0.39 is 0 Å². The van der Waals surface area contributed by atoms with Crippen molar-refractivity contribution in [3.05, 3.63) is 0 Å². The average molecular weight is 189 g/mol. The Morgan fingerprint density at radius 2 is 2.33 bits per heavy atom. The average Bonchev–Trinajstić information content (AvgIpc) is 2.32. The maximum atomic E-state index is 5.76. The molecule has 72 valence electrons. The fraction of sp³-hybridized carbons (Fsp3) is 1.00. The van der Waals surface area contributed by atoms with Crippen LogP contribution in [0.4, 0.5) is 0 Å². The maximum absolute atomic E-state index is 5.76. The first-order valence-electron chi connectivity index (χ1n) is 4.62. The van der Waals surface area contributed by atoms with Crippen molar-refractivity contribution >= 4 is 11.8 Å². The molecule has 0 radical (unpaired) electrons. The molecule has 0 aromatic heterocycles. The van der Waals surface area contributed by atoms with Crippen LogP contribution in [-0.2, 0) is 4.74 Å². The molecule has 1 aliphatic rings. The summed E-state index contributed by atoms with van der Waals surface area (Å²) in [4.78, 5) is 0. The van der Waals surface area contributed by atoms with Crippen LogP contribution in [0.25, 0.3) is 0 Å². The molecule has 0 amide bonds. The first-order valence-corrected chi connectivity index (χ1v) is 5.61. The zero-order valence-electron chi connectivity index (χ0n) is 8.01. The van der Waals surface area contributed by atoms with Gasteiger partial charge in [-0.15, -0.1) is 0 Å². The van der Waals surface area contributed by atoms with E-state index in [0.29, 0.717) is 10.9 Å². The summed E-state index contributed by atoms with van der Waals surface area (Å²) in [6.07, 6.45) is 2.62. The van der Waals surface area contributed by atoms with E-state index in [1.807, 2.05) is 11.8 Å². The smallest absolute Gasteiger partial charge is 0.0724 e. The molecule has 0 aromatic rings. The predicted octanol–water partition coefficient (Wildman–Crippen LogP) is 1.64. The van der Waals surface area contributed by atoms with Crippen LogP contribution in [0.1, 0.15) is 26.7 Å². The fourth-order valence-electron chi connectivity index (χ4n) is 1.46. The summed E-state index contributed by atoms with van der Waals surface area (Å²) < 4.78 is 6.07. The largest absolute Gasteiger partial charge is 0.377 e. The van der Waals surface area contributed by atoms with Crippen molar-refractivity contribution in [2.24, 2.45) is 5.73 Å². The molecule has 0 saturated carbocycles. The van der Waals surface area contributed by atoms with E-state index in [4.69, 9.17) is 10.5 Å². The molecule has 1 saturated heterocycles. The minimum Gasteiger partial charge on any atom is -0.377 e. The molecule has 1 aliphatic heterocycles. The fourth-order valence-corrected chi connectivity index (χ4v) is 2.69. The Hall–Kier alpha value is 0.270. The van der Waals surface area contributed by atoms with Gasteiger partial charge < -0.3 is 10.5 Å². The molecule has 1 fully saturated rings. The minimum atomic E-state index is 0.314. The van der Waals surface area contributed by atoms with Crippen molar-refractivity contribution in [1.82, 2.24) is 0 Å². The summed E-state index contributed by atoms with van der Waals surface area (Å²) in [5.41, 5.74) is 5.40. The van der Waals surface area contributed by atoms with Crippen LogP contribution in [0.2, 0.25) is 0 Å². The third-order valence-electron chi connectivity index (χ3n) is 2.30. The Bertz CT molecular complexity index is 138. The SMILES string of the molecule is CC1(C)SCCC1OCCCN. The molecule has 0 spiro atoms. The molecule has 1 atom stereocenters. The second-order valence-electron chi connectivity index (χ2n) is 3.74. The van der Waals surface area contributed by atoms with Crippen LogP contribution < -0.4 is 5.73 Å². The van der Waals surface area contributed by atoms with E-state index in [1.165, 1.54) is 12.2 Å². The molecule has 3 heteroatoms. The maximum Gasteiger partial charge on any atom is 0.0724 e. The topological polar surface area (TPSA) is 35.2 Å². The lowest BCUT2D eigenvalue weighted by atomic mass is 10.0. The van der Waals surface area contributed by atoms with Gasteiger partial charge in [-0.2, -0.15) is 11.8 Å². The lowest BCUT2D eigenvalue weighted by molar-refractivity contribution is 0.0368. The van der Waals surface area contributed by atoms with E-state index in [2.05, 4.69) is 13.8 Å². The summed E-state index contributed by atoms with van der Waals surface area (Å²) >= 11 is 2.01. The zero-order chi connectivity index (χ0) is 9.03. The highest BCUT2D eigenvalue weighted by Crippen LogP contribution is 2.39.